The van der Waals surface area contributed by atoms with Crippen LogP contribution in [0.15, 0.2) is 72.8 Å². The number of fused-ring (bicyclic) bond motifs is 1. The Kier molecular flexibility index (Phi) is 6.86. The first-order valence-electron chi connectivity index (χ1n) is 10.8. The molecular weight excluding hydrogens is 477 g/mol. The molecular formula is C26H19F3N2O5. The smallest absolute Gasteiger partial charge is 0.416 e. The second kappa shape index (κ2) is 10.0. The van der Waals surface area contributed by atoms with Crippen molar-refractivity contribution in [2.75, 3.05) is 18.5 Å². The number of nitrogens with one attached hydrogen (secondary N) is 1. The third kappa shape index (κ3) is 5.43. The quantitative estimate of drug-likeness (QED) is 0.388. The van der Waals surface area contributed by atoms with Gasteiger partial charge >= 0.3 is 12.1 Å². The van der Waals surface area contributed by atoms with Gasteiger partial charge in [-0.05, 0) is 48.4 Å². The Labute approximate surface area is 203 Å². The number of amides is 3. The van der Waals surface area contributed by atoms with Crippen LogP contribution < -0.4 is 5.32 Å². The molecule has 0 aromatic heterocycles. The molecule has 7 nitrogen and oxygen atoms in total. The minimum Gasteiger partial charge on any atom is -0.452 e. The predicted molar refractivity (Wildman–Crippen MR) is 122 cm³/mol. The van der Waals surface area contributed by atoms with Crippen molar-refractivity contribution in [1.82, 2.24) is 4.90 Å². The van der Waals surface area contributed by atoms with Crippen LogP contribution in [0.5, 0.6) is 0 Å². The molecule has 0 bridgehead atoms. The van der Waals surface area contributed by atoms with E-state index in [1.807, 2.05) is 30.3 Å². The van der Waals surface area contributed by atoms with Crippen LogP contribution in [0.1, 0.15) is 42.2 Å². The standard InChI is InChI=1S/C26H19F3N2O5/c27-26(28,29)18-7-4-8-19(14-18)30-22(32)15-36-25(35)17-9-10-20-21(13-17)24(34)31(23(20)33)12-11-16-5-2-1-3-6-16/h1-10,13-14H,11-12,15H2,(H,30,32). The van der Waals surface area contributed by atoms with Crippen molar-refractivity contribution in [2.45, 2.75) is 12.6 Å². The normalized spacial score (nSPS) is 12.9. The highest BCUT2D eigenvalue weighted by molar-refractivity contribution is 6.22. The number of nitrogens with zero attached hydrogens (tertiary/aromatic N) is 1. The summed E-state index contributed by atoms with van der Waals surface area (Å²) in [5.41, 5.74) is 0.0758. The highest BCUT2D eigenvalue weighted by Gasteiger charge is 2.36. The van der Waals surface area contributed by atoms with Crippen molar-refractivity contribution in [3.8, 4) is 0 Å². The lowest BCUT2D eigenvalue weighted by Crippen LogP contribution is -2.31. The first-order chi connectivity index (χ1) is 17.1. The highest BCUT2D eigenvalue weighted by Crippen LogP contribution is 2.30. The molecule has 1 N–H and O–H groups in total. The molecule has 1 aliphatic rings. The number of imide groups is 1. The summed E-state index contributed by atoms with van der Waals surface area (Å²) in [6.07, 6.45) is -4.10. The van der Waals surface area contributed by atoms with E-state index in [0.29, 0.717) is 6.42 Å². The van der Waals surface area contributed by atoms with E-state index in [-0.39, 0.29) is 28.9 Å². The zero-order chi connectivity index (χ0) is 25.9. The molecule has 0 unspecified atom stereocenters. The van der Waals surface area contributed by atoms with Crippen LogP contribution in [0.25, 0.3) is 0 Å². The Morgan fingerprint density at radius 1 is 0.861 bits per heavy atom. The van der Waals surface area contributed by atoms with E-state index in [9.17, 15) is 32.3 Å². The lowest BCUT2D eigenvalue weighted by Gasteiger charge is -2.13. The van der Waals surface area contributed by atoms with Crippen LogP contribution in [0, 0.1) is 0 Å². The van der Waals surface area contributed by atoms with Gasteiger partial charge in [-0.2, -0.15) is 13.2 Å². The number of hydrogen-bond acceptors (Lipinski definition) is 5. The Bertz CT molecular complexity index is 1340. The number of rotatable bonds is 7. The number of anilines is 1. The molecule has 0 saturated carbocycles. The first kappa shape index (κ1) is 24.6. The molecule has 0 saturated heterocycles. The molecule has 3 aromatic rings. The SMILES string of the molecule is O=C(COC(=O)c1ccc2c(c1)C(=O)N(CCc1ccccc1)C2=O)Nc1cccc(C(F)(F)F)c1. The lowest BCUT2D eigenvalue weighted by molar-refractivity contribution is -0.137. The van der Waals surface area contributed by atoms with Gasteiger partial charge in [0.25, 0.3) is 17.7 Å². The number of carbonyl (C=O) groups is 4. The second-order valence-electron chi connectivity index (χ2n) is 7.96. The van der Waals surface area contributed by atoms with E-state index in [0.717, 1.165) is 28.7 Å². The average Bonchev–Trinajstić information content (AvgIpc) is 3.10. The van der Waals surface area contributed by atoms with Gasteiger partial charge in [0, 0.05) is 12.2 Å². The number of benzene rings is 3. The molecule has 1 heterocycles. The van der Waals surface area contributed by atoms with Gasteiger partial charge in [0.05, 0.1) is 22.3 Å². The fourth-order valence-electron chi connectivity index (χ4n) is 3.69. The maximum Gasteiger partial charge on any atom is 0.416 e. The van der Waals surface area contributed by atoms with Gasteiger partial charge in [-0.25, -0.2) is 4.79 Å². The van der Waals surface area contributed by atoms with Crippen molar-refractivity contribution >= 4 is 29.4 Å². The van der Waals surface area contributed by atoms with E-state index in [4.69, 9.17) is 4.74 Å². The first-order valence-corrected chi connectivity index (χ1v) is 10.8. The van der Waals surface area contributed by atoms with Crippen LogP contribution in [0.4, 0.5) is 18.9 Å². The van der Waals surface area contributed by atoms with Crippen molar-refractivity contribution in [3.63, 3.8) is 0 Å². The molecule has 0 spiro atoms. The Hall–Kier alpha value is -4.47. The fourth-order valence-corrected chi connectivity index (χ4v) is 3.69. The predicted octanol–water partition coefficient (Wildman–Crippen LogP) is 4.34. The zero-order valence-electron chi connectivity index (χ0n) is 18.7. The summed E-state index contributed by atoms with van der Waals surface area (Å²) < 4.78 is 43.4. The number of esters is 1. The van der Waals surface area contributed by atoms with Gasteiger partial charge in [0.2, 0.25) is 0 Å². The molecule has 3 aromatic carbocycles. The van der Waals surface area contributed by atoms with E-state index in [1.54, 1.807) is 0 Å². The molecule has 10 heteroatoms. The topological polar surface area (TPSA) is 92.8 Å². The summed E-state index contributed by atoms with van der Waals surface area (Å²) in [6, 6.07) is 17.2. The number of hydrogen-bond donors (Lipinski definition) is 1. The molecule has 184 valence electrons. The van der Waals surface area contributed by atoms with Gasteiger partial charge in [0.15, 0.2) is 6.61 Å². The van der Waals surface area contributed by atoms with Crippen molar-refractivity contribution in [1.29, 1.82) is 0 Å². The van der Waals surface area contributed by atoms with E-state index < -0.39 is 42.0 Å². The largest absolute Gasteiger partial charge is 0.452 e. The summed E-state index contributed by atoms with van der Waals surface area (Å²) >= 11 is 0. The Morgan fingerprint density at radius 2 is 1.58 bits per heavy atom. The molecule has 0 fully saturated rings. The van der Waals surface area contributed by atoms with Crippen molar-refractivity contribution < 1.29 is 37.1 Å². The van der Waals surface area contributed by atoms with Crippen molar-refractivity contribution in [3.05, 3.63) is 101 Å². The molecule has 0 radical (unpaired) electrons. The van der Waals surface area contributed by atoms with Gasteiger partial charge in [-0.15, -0.1) is 0 Å². The number of alkyl halides is 3. The van der Waals surface area contributed by atoms with E-state index in [2.05, 4.69) is 5.32 Å². The second-order valence-corrected chi connectivity index (χ2v) is 7.96. The summed E-state index contributed by atoms with van der Waals surface area (Å²) in [6.45, 7) is -0.589. The van der Waals surface area contributed by atoms with Gasteiger partial charge < -0.3 is 10.1 Å². The van der Waals surface area contributed by atoms with Crippen LogP contribution in [-0.4, -0.2) is 41.7 Å². The summed E-state index contributed by atoms with van der Waals surface area (Å²) in [5.74, 6) is -2.78. The van der Waals surface area contributed by atoms with Crippen LogP contribution >= 0.6 is 0 Å². The monoisotopic (exact) mass is 496 g/mol. The molecule has 0 aliphatic carbocycles. The molecule has 1 aliphatic heterocycles. The Morgan fingerprint density at radius 3 is 2.31 bits per heavy atom. The van der Waals surface area contributed by atoms with Crippen LogP contribution in [-0.2, 0) is 22.1 Å². The number of carbonyl (C=O) groups excluding carboxylic acids is 4. The molecule has 36 heavy (non-hydrogen) atoms. The highest BCUT2D eigenvalue weighted by atomic mass is 19.4. The lowest BCUT2D eigenvalue weighted by atomic mass is 10.1. The summed E-state index contributed by atoms with van der Waals surface area (Å²) in [5, 5.41) is 2.23. The minimum atomic E-state index is -4.57. The third-order valence-corrected chi connectivity index (χ3v) is 5.48. The number of halogens is 3. The van der Waals surface area contributed by atoms with Crippen molar-refractivity contribution in [2.24, 2.45) is 0 Å². The molecule has 3 amide bonds. The van der Waals surface area contributed by atoms with E-state index >= 15 is 0 Å². The number of ether oxygens (including phenoxy) is 1. The average molecular weight is 496 g/mol. The maximum atomic E-state index is 12.8. The van der Waals surface area contributed by atoms with E-state index in [1.165, 1.54) is 24.3 Å². The summed E-state index contributed by atoms with van der Waals surface area (Å²) in [7, 11) is 0. The molecule has 4 rings (SSSR count). The minimum absolute atomic E-state index is 0.0494. The van der Waals surface area contributed by atoms with Crippen LogP contribution in [0.2, 0.25) is 0 Å². The third-order valence-electron chi connectivity index (χ3n) is 5.48. The zero-order valence-corrected chi connectivity index (χ0v) is 18.7. The maximum absolute atomic E-state index is 12.8. The Balaban J connectivity index is 1.36. The van der Waals surface area contributed by atoms with Gasteiger partial charge in [-0.1, -0.05) is 36.4 Å². The molecule has 0 atom stereocenters. The fraction of sp³-hybridized carbons (Fsp3) is 0.154. The van der Waals surface area contributed by atoms with Crippen LogP contribution in [0.3, 0.4) is 0 Å². The van der Waals surface area contributed by atoms with Gasteiger partial charge in [-0.3, -0.25) is 19.3 Å². The van der Waals surface area contributed by atoms with Gasteiger partial charge in [0.1, 0.15) is 0 Å². The summed E-state index contributed by atoms with van der Waals surface area (Å²) in [4.78, 5) is 51.0.